The molecular formula is C14H14N2O4. The number of aromatic nitrogens is 1. The van der Waals surface area contributed by atoms with Gasteiger partial charge >= 0.3 is 5.97 Å². The van der Waals surface area contributed by atoms with E-state index in [9.17, 15) is 9.59 Å². The topological polar surface area (TPSA) is 81.4 Å². The summed E-state index contributed by atoms with van der Waals surface area (Å²) in [6, 6.07) is 6.62. The second-order valence-electron chi connectivity index (χ2n) is 4.19. The van der Waals surface area contributed by atoms with Crippen LogP contribution in [0.15, 0.2) is 28.8 Å². The molecule has 1 heterocycles. The van der Waals surface area contributed by atoms with Crippen molar-refractivity contribution < 1.29 is 18.8 Å². The summed E-state index contributed by atoms with van der Waals surface area (Å²) in [7, 11) is 1.29. The first-order valence-electron chi connectivity index (χ1n) is 5.96. The predicted molar refractivity (Wildman–Crippen MR) is 71.7 cm³/mol. The molecule has 20 heavy (non-hydrogen) atoms. The largest absolute Gasteiger partial charge is 0.465 e. The van der Waals surface area contributed by atoms with E-state index in [4.69, 9.17) is 4.52 Å². The second-order valence-corrected chi connectivity index (χ2v) is 4.19. The van der Waals surface area contributed by atoms with Crippen LogP contribution in [0, 0.1) is 13.8 Å². The number of nitrogens with zero attached hydrogens (tertiary/aromatic N) is 1. The highest BCUT2D eigenvalue weighted by molar-refractivity contribution is 6.08. The standard InChI is InChI=1S/C14H14N2O4/c1-8-12(9(2)20-16-8)13(17)15-11-7-5-4-6-10(11)14(18)19-3/h4-7H,1-3H3,(H,15,17). The van der Waals surface area contributed by atoms with E-state index in [-0.39, 0.29) is 11.5 Å². The average molecular weight is 274 g/mol. The number of esters is 1. The molecule has 0 unspecified atom stereocenters. The van der Waals surface area contributed by atoms with Crippen LogP contribution in [0.25, 0.3) is 0 Å². The third kappa shape index (κ3) is 2.54. The Morgan fingerprint density at radius 2 is 1.95 bits per heavy atom. The molecule has 0 aliphatic heterocycles. The van der Waals surface area contributed by atoms with Gasteiger partial charge in [-0.15, -0.1) is 0 Å². The first kappa shape index (κ1) is 13.8. The summed E-state index contributed by atoms with van der Waals surface area (Å²) in [6.07, 6.45) is 0. The van der Waals surface area contributed by atoms with Crippen molar-refractivity contribution in [2.75, 3.05) is 12.4 Å². The van der Waals surface area contributed by atoms with Crippen LogP contribution < -0.4 is 5.32 Å². The molecular weight excluding hydrogens is 260 g/mol. The average Bonchev–Trinajstić information content (AvgIpc) is 2.78. The number of ether oxygens (including phenoxy) is 1. The van der Waals surface area contributed by atoms with Gasteiger partial charge in [-0.3, -0.25) is 4.79 Å². The SMILES string of the molecule is COC(=O)c1ccccc1NC(=O)c1c(C)noc1C. The van der Waals surface area contributed by atoms with Gasteiger partial charge in [0.1, 0.15) is 11.3 Å². The number of carbonyl (C=O) groups excluding carboxylic acids is 2. The molecule has 1 aromatic carbocycles. The molecule has 6 heteroatoms. The molecule has 0 spiro atoms. The van der Waals surface area contributed by atoms with Crippen molar-refractivity contribution in [1.29, 1.82) is 0 Å². The van der Waals surface area contributed by atoms with Gasteiger partial charge in [0, 0.05) is 0 Å². The molecule has 1 N–H and O–H groups in total. The van der Waals surface area contributed by atoms with Crippen LogP contribution >= 0.6 is 0 Å². The fourth-order valence-electron chi connectivity index (χ4n) is 1.87. The van der Waals surface area contributed by atoms with Crippen LogP contribution in [0.5, 0.6) is 0 Å². The van der Waals surface area contributed by atoms with E-state index in [1.807, 2.05) is 0 Å². The van der Waals surface area contributed by atoms with Crippen molar-refractivity contribution in [3.63, 3.8) is 0 Å². The normalized spacial score (nSPS) is 10.2. The number of amides is 1. The Bertz CT molecular complexity index is 641. The molecule has 0 atom stereocenters. The summed E-state index contributed by atoms with van der Waals surface area (Å²) in [4.78, 5) is 23.8. The lowest BCUT2D eigenvalue weighted by Crippen LogP contribution is -2.16. The third-order valence-electron chi connectivity index (χ3n) is 2.84. The van der Waals surface area contributed by atoms with E-state index in [0.717, 1.165) is 0 Å². The molecule has 0 saturated heterocycles. The van der Waals surface area contributed by atoms with Gasteiger partial charge in [0.15, 0.2) is 0 Å². The minimum absolute atomic E-state index is 0.287. The Hall–Kier alpha value is -2.63. The third-order valence-corrected chi connectivity index (χ3v) is 2.84. The number of aryl methyl sites for hydroxylation is 2. The van der Waals surface area contributed by atoms with Crippen molar-refractivity contribution in [1.82, 2.24) is 5.16 Å². The summed E-state index contributed by atoms with van der Waals surface area (Å²) >= 11 is 0. The Kier molecular flexibility index (Phi) is 3.84. The maximum atomic E-state index is 12.2. The number of carbonyl (C=O) groups is 2. The van der Waals surface area contributed by atoms with Gasteiger partial charge in [-0.05, 0) is 26.0 Å². The number of hydrogen-bond donors (Lipinski definition) is 1. The zero-order valence-electron chi connectivity index (χ0n) is 11.4. The van der Waals surface area contributed by atoms with E-state index in [2.05, 4.69) is 15.2 Å². The minimum Gasteiger partial charge on any atom is -0.465 e. The van der Waals surface area contributed by atoms with Crippen molar-refractivity contribution >= 4 is 17.6 Å². The Morgan fingerprint density at radius 1 is 1.25 bits per heavy atom. The maximum Gasteiger partial charge on any atom is 0.339 e. The highest BCUT2D eigenvalue weighted by Crippen LogP contribution is 2.19. The van der Waals surface area contributed by atoms with Crippen molar-refractivity contribution in [3.05, 3.63) is 46.8 Å². The highest BCUT2D eigenvalue weighted by Gasteiger charge is 2.20. The summed E-state index contributed by atoms with van der Waals surface area (Å²) in [6.45, 7) is 3.33. The van der Waals surface area contributed by atoms with Crippen molar-refractivity contribution in [2.24, 2.45) is 0 Å². The monoisotopic (exact) mass is 274 g/mol. The van der Waals surface area contributed by atoms with E-state index in [1.165, 1.54) is 7.11 Å². The molecule has 2 rings (SSSR count). The van der Waals surface area contributed by atoms with E-state index < -0.39 is 5.97 Å². The van der Waals surface area contributed by atoms with Gasteiger partial charge in [-0.25, -0.2) is 4.79 Å². The number of rotatable bonds is 3. The van der Waals surface area contributed by atoms with Crippen molar-refractivity contribution in [2.45, 2.75) is 13.8 Å². The van der Waals surface area contributed by atoms with E-state index in [1.54, 1.807) is 38.1 Å². The Balaban J connectivity index is 2.31. The fraction of sp³-hybridized carbons (Fsp3) is 0.214. The molecule has 1 aromatic heterocycles. The zero-order valence-corrected chi connectivity index (χ0v) is 11.4. The van der Waals surface area contributed by atoms with Gasteiger partial charge in [0.05, 0.1) is 24.1 Å². The first-order valence-corrected chi connectivity index (χ1v) is 5.96. The molecule has 0 radical (unpaired) electrons. The van der Waals surface area contributed by atoms with Crippen LogP contribution in [0.4, 0.5) is 5.69 Å². The summed E-state index contributed by atoms with van der Waals surface area (Å²) in [5, 5.41) is 6.40. The van der Waals surface area contributed by atoms with E-state index in [0.29, 0.717) is 22.7 Å². The van der Waals surface area contributed by atoms with Gasteiger partial charge < -0.3 is 14.6 Å². The van der Waals surface area contributed by atoms with Gasteiger partial charge in [0.2, 0.25) is 0 Å². The van der Waals surface area contributed by atoms with E-state index >= 15 is 0 Å². The molecule has 0 aliphatic rings. The van der Waals surface area contributed by atoms with Crippen LogP contribution in [0.2, 0.25) is 0 Å². The second kappa shape index (κ2) is 5.56. The smallest absolute Gasteiger partial charge is 0.339 e. The Labute approximate surface area is 115 Å². The first-order chi connectivity index (χ1) is 9.54. The zero-order chi connectivity index (χ0) is 14.7. The van der Waals surface area contributed by atoms with Crippen LogP contribution in [0.1, 0.15) is 32.2 Å². The summed E-state index contributed by atoms with van der Waals surface area (Å²) < 4.78 is 9.63. The van der Waals surface area contributed by atoms with Gasteiger partial charge in [-0.1, -0.05) is 17.3 Å². The minimum atomic E-state index is -0.514. The summed E-state index contributed by atoms with van der Waals surface area (Å²) in [5.74, 6) is -0.465. The van der Waals surface area contributed by atoms with Gasteiger partial charge in [0.25, 0.3) is 5.91 Å². The molecule has 0 saturated carbocycles. The number of anilines is 1. The Morgan fingerprint density at radius 3 is 2.55 bits per heavy atom. The van der Waals surface area contributed by atoms with Crippen LogP contribution in [-0.4, -0.2) is 24.1 Å². The number of methoxy groups -OCH3 is 1. The van der Waals surface area contributed by atoms with Crippen LogP contribution in [-0.2, 0) is 4.74 Å². The molecule has 0 bridgehead atoms. The molecule has 2 aromatic rings. The number of hydrogen-bond acceptors (Lipinski definition) is 5. The lowest BCUT2D eigenvalue weighted by molar-refractivity contribution is 0.0602. The van der Waals surface area contributed by atoms with Crippen molar-refractivity contribution in [3.8, 4) is 0 Å². The molecule has 104 valence electrons. The maximum absolute atomic E-state index is 12.2. The predicted octanol–water partition coefficient (Wildman–Crippen LogP) is 2.33. The van der Waals surface area contributed by atoms with Crippen LogP contribution in [0.3, 0.4) is 0 Å². The number of nitrogens with one attached hydrogen (secondary N) is 1. The molecule has 1 amide bonds. The van der Waals surface area contributed by atoms with Gasteiger partial charge in [-0.2, -0.15) is 0 Å². The highest BCUT2D eigenvalue weighted by atomic mass is 16.5. The molecule has 0 aliphatic carbocycles. The number of benzene rings is 1. The molecule has 6 nitrogen and oxygen atoms in total. The summed E-state index contributed by atoms with van der Waals surface area (Å²) in [5.41, 5.74) is 1.53. The number of para-hydroxylation sites is 1. The molecule has 0 fully saturated rings. The quantitative estimate of drug-likeness (QED) is 0.869. The lowest BCUT2D eigenvalue weighted by atomic mass is 10.1. The fourth-order valence-corrected chi connectivity index (χ4v) is 1.87. The lowest BCUT2D eigenvalue weighted by Gasteiger charge is -2.09.